The van der Waals surface area contributed by atoms with E-state index in [2.05, 4.69) is 144 Å². The average molecular weight is 572 g/mol. The molecule has 5 aromatic carbocycles. The normalized spacial score (nSPS) is 18.3. The number of aromatic nitrogens is 3. The van der Waals surface area contributed by atoms with Crippen molar-refractivity contribution in [3.63, 3.8) is 0 Å². The number of benzene rings is 5. The monoisotopic (exact) mass is 571 g/mol. The lowest BCUT2D eigenvalue weighted by Gasteiger charge is -2.25. The number of fused-ring (bicyclic) bond motifs is 6. The number of rotatable bonds is 2. The zero-order valence-electron chi connectivity index (χ0n) is 24.3. The molecular weight excluding hydrogens is 546 g/mol. The summed E-state index contributed by atoms with van der Waals surface area (Å²) >= 11 is 0. The van der Waals surface area contributed by atoms with Crippen molar-refractivity contribution >= 4 is 43.7 Å². The maximum absolute atomic E-state index is 5.50. The molecule has 2 aromatic heterocycles. The molecule has 0 saturated heterocycles. The molecule has 45 heavy (non-hydrogen) atoms. The highest BCUT2D eigenvalue weighted by atomic mass is 15.2. The van der Waals surface area contributed by atoms with Gasteiger partial charge in [-0.25, -0.2) is 9.97 Å². The van der Waals surface area contributed by atoms with Gasteiger partial charge in [0.25, 0.3) is 0 Å². The summed E-state index contributed by atoms with van der Waals surface area (Å²) in [5.74, 6) is 1.33. The molecule has 0 fully saturated rings. The van der Waals surface area contributed by atoms with E-state index < -0.39 is 0 Å². The number of nitrogens with zero attached hydrogens (tertiary/aromatic N) is 3. The van der Waals surface area contributed by atoms with Crippen LogP contribution in [0.2, 0.25) is 0 Å². The third kappa shape index (κ3) is 2.95. The van der Waals surface area contributed by atoms with Crippen LogP contribution < -0.4 is 0 Å². The van der Waals surface area contributed by atoms with Gasteiger partial charge in [-0.15, -0.1) is 0 Å². The molecule has 11 rings (SSSR count). The van der Waals surface area contributed by atoms with E-state index >= 15 is 0 Å². The Bertz CT molecular complexity index is 2590. The van der Waals surface area contributed by atoms with Crippen molar-refractivity contribution < 1.29 is 0 Å². The van der Waals surface area contributed by atoms with Crippen LogP contribution in [-0.4, -0.2) is 14.5 Å². The summed E-state index contributed by atoms with van der Waals surface area (Å²) in [5, 5.41) is 5.09. The summed E-state index contributed by atoms with van der Waals surface area (Å²) in [5.41, 5.74) is 14.3. The third-order valence-corrected chi connectivity index (χ3v) is 10.3. The maximum Gasteiger partial charge on any atom is 0.235 e. The van der Waals surface area contributed by atoms with Gasteiger partial charge in [-0.3, -0.25) is 4.57 Å². The van der Waals surface area contributed by atoms with Crippen LogP contribution in [0.4, 0.5) is 0 Å². The van der Waals surface area contributed by atoms with Gasteiger partial charge < -0.3 is 0 Å². The van der Waals surface area contributed by atoms with E-state index in [4.69, 9.17) is 9.97 Å². The molecule has 2 atom stereocenters. The van der Waals surface area contributed by atoms with Crippen LogP contribution in [0.25, 0.3) is 83.2 Å². The Morgan fingerprint density at radius 2 is 1.18 bits per heavy atom. The lowest BCUT2D eigenvalue weighted by molar-refractivity contribution is 0.706. The Labute approximate surface area is 259 Å². The molecule has 0 N–H and O–H groups in total. The largest absolute Gasteiger partial charge is 0.278 e. The minimum absolute atomic E-state index is 0.278. The van der Waals surface area contributed by atoms with Gasteiger partial charge in [0.05, 0.1) is 22.4 Å². The molecular formula is C42H25N3. The SMILES string of the molecule is C1=CC2C=CC=C3c4c(nc(-n5c6cccc7c6c6c8c(cccc8ccc65)-c5ccccc5-7)nc4-c4ccccc4)C(=C1)C32. The zero-order valence-corrected chi connectivity index (χ0v) is 24.3. The molecule has 0 amide bonds. The Balaban J connectivity index is 1.31. The van der Waals surface area contributed by atoms with Crippen molar-refractivity contribution in [1.82, 2.24) is 14.5 Å². The molecule has 7 aromatic rings. The fourth-order valence-electron chi connectivity index (χ4n) is 8.50. The Kier molecular flexibility index (Phi) is 4.43. The molecule has 0 saturated carbocycles. The van der Waals surface area contributed by atoms with Gasteiger partial charge >= 0.3 is 0 Å². The molecule has 2 unspecified atom stereocenters. The molecule has 4 aliphatic carbocycles. The highest BCUT2D eigenvalue weighted by Crippen LogP contribution is 2.55. The first-order valence-electron chi connectivity index (χ1n) is 15.7. The van der Waals surface area contributed by atoms with E-state index in [1.165, 1.54) is 60.5 Å². The molecule has 208 valence electrons. The average Bonchev–Trinajstić information content (AvgIpc) is 3.58. The summed E-state index contributed by atoms with van der Waals surface area (Å²) in [6, 6.07) is 37.4. The first-order chi connectivity index (χ1) is 22.3. The summed E-state index contributed by atoms with van der Waals surface area (Å²) in [7, 11) is 0. The zero-order chi connectivity index (χ0) is 29.2. The highest BCUT2D eigenvalue weighted by molar-refractivity contribution is 6.30. The van der Waals surface area contributed by atoms with Gasteiger partial charge in [0, 0.05) is 33.7 Å². The van der Waals surface area contributed by atoms with E-state index in [1.807, 2.05) is 0 Å². The van der Waals surface area contributed by atoms with E-state index in [1.54, 1.807) is 0 Å². The topological polar surface area (TPSA) is 30.7 Å². The first kappa shape index (κ1) is 23.6. The third-order valence-electron chi connectivity index (χ3n) is 10.3. The molecule has 4 aliphatic rings. The van der Waals surface area contributed by atoms with Crippen LogP contribution in [0.1, 0.15) is 11.3 Å². The van der Waals surface area contributed by atoms with Gasteiger partial charge in [-0.05, 0) is 56.3 Å². The fourth-order valence-corrected chi connectivity index (χ4v) is 8.50. The molecule has 0 bridgehead atoms. The molecule has 0 spiro atoms. The van der Waals surface area contributed by atoms with E-state index in [9.17, 15) is 0 Å². The number of allylic oxidation sites excluding steroid dienone is 8. The lowest BCUT2D eigenvalue weighted by Crippen LogP contribution is -2.14. The molecule has 3 nitrogen and oxygen atoms in total. The quantitative estimate of drug-likeness (QED) is 0.207. The number of hydrogen-bond donors (Lipinski definition) is 0. The molecule has 2 heterocycles. The predicted molar refractivity (Wildman–Crippen MR) is 185 cm³/mol. The predicted octanol–water partition coefficient (Wildman–Crippen LogP) is 10.2. The van der Waals surface area contributed by atoms with Gasteiger partial charge in [-0.2, -0.15) is 0 Å². The highest BCUT2D eigenvalue weighted by Gasteiger charge is 2.41. The Morgan fingerprint density at radius 1 is 0.511 bits per heavy atom. The fraction of sp³-hybridized carbons (Fsp3) is 0.0476. The second-order valence-corrected chi connectivity index (χ2v) is 12.5. The smallest absolute Gasteiger partial charge is 0.235 e. The van der Waals surface area contributed by atoms with Crippen LogP contribution in [0.15, 0.2) is 140 Å². The summed E-state index contributed by atoms with van der Waals surface area (Å²) < 4.78 is 2.32. The van der Waals surface area contributed by atoms with Crippen molar-refractivity contribution in [3.8, 4) is 39.5 Å². The van der Waals surface area contributed by atoms with Crippen LogP contribution in [0, 0.1) is 11.8 Å². The second-order valence-electron chi connectivity index (χ2n) is 12.5. The van der Waals surface area contributed by atoms with Crippen molar-refractivity contribution in [3.05, 3.63) is 151 Å². The van der Waals surface area contributed by atoms with Gasteiger partial charge in [-0.1, -0.05) is 127 Å². The number of hydrogen-bond acceptors (Lipinski definition) is 2. The minimum Gasteiger partial charge on any atom is -0.278 e. The van der Waals surface area contributed by atoms with Crippen LogP contribution >= 0.6 is 0 Å². The molecule has 0 radical (unpaired) electrons. The molecule has 0 aliphatic heterocycles. The van der Waals surface area contributed by atoms with Gasteiger partial charge in [0.1, 0.15) is 0 Å². The van der Waals surface area contributed by atoms with E-state index in [-0.39, 0.29) is 5.92 Å². The minimum atomic E-state index is 0.278. The first-order valence-corrected chi connectivity index (χ1v) is 15.7. The van der Waals surface area contributed by atoms with Crippen molar-refractivity contribution in [2.75, 3.05) is 0 Å². The van der Waals surface area contributed by atoms with E-state index in [0.29, 0.717) is 5.92 Å². The van der Waals surface area contributed by atoms with Crippen LogP contribution in [0.5, 0.6) is 0 Å². The lowest BCUT2D eigenvalue weighted by atomic mass is 9.78. The van der Waals surface area contributed by atoms with Crippen molar-refractivity contribution in [2.45, 2.75) is 0 Å². The molecule has 3 heteroatoms. The Morgan fingerprint density at radius 3 is 2.00 bits per heavy atom. The van der Waals surface area contributed by atoms with Crippen molar-refractivity contribution in [1.29, 1.82) is 0 Å². The standard InChI is InChI=1S/C42H25N3/c1-2-10-26(11-3-1)40-38-31-19-7-12-24-13-8-20-32(35(24)31)41(38)44-42(43-40)45-33-21-9-18-30-28-16-5-4-15-27(28)29-17-6-14-25-22-23-34(45)39(36(25)29)37(30)33/h1-24,35H. The summed E-state index contributed by atoms with van der Waals surface area (Å²) in [6.07, 6.45) is 13.6. The maximum atomic E-state index is 5.50. The van der Waals surface area contributed by atoms with Gasteiger partial charge in [0.2, 0.25) is 5.95 Å². The summed E-state index contributed by atoms with van der Waals surface area (Å²) in [6.45, 7) is 0. The summed E-state index contributed by atoms with van der Waals surface area (Å²) in [4.78, 5) is 11.0. The van der Waals surface area contributed by atoms with Crippen LogP contribution in [-0.2, 0) is 0 Å². The van der Waals surface area contributed by atoms with Crippen molar-refractivity contribution in [2.24, 2.45) is 11.8 Å². The van der Waals surface area contributed by atoms with E-state index in [0.717, 1.165) is 33.9 Å². The second kappa shape index (κ2) is 8.43. The van der Waals surface area contributed by atoms with Crippen LogP contribution in [0.3, 0.4) is 0 Å². The Hall–Kier alpha value is -5.80. The van der Waals surface area contributed by atoms with Gasteiger partial charge in [0.15, 0.2) is 0 Å².